The van der Waals surface area contributed by atoms with Gasteiger partial charge in [-0.1, -0.05) is 62.4 Å². The number of aromatic amines is 2. The van der Waals surface area contributed by atoms with Crippen LogP contribution in [0.3, 0.4) is 0 Å². The zero-order chi connectivity index (χ0) is 36.1. The van der Waals surface area contributed by atoms with Crippen molar-refractivity contribution in [1.82, 2.24) is 40.4 Å². The minimum Gasteiger partial charge on any atom is -0.453 e. The molecule has 2 saturated heterocycles. The first-order valence-corrected chi connectivity index (χ1v) is 17.2. The van der Waals surface area contributed by atoms with Crippen LogP contribution in [-0.2, 0) is 19.1 Å². The zero-order valence-corrected chi connectivity index (χ0v) is 29.3. The van der Waals surface area contributed by atoms with Crippen LogP contribution in [0.15, 0.2) is 60.9 Å². The summed E-state index contributed by atoms with van der Waals surface area (Å²) in [7, 11) is 2.55. The zero-order valence-electron chi connectivity index (χ0n) is 29.3. The van der Waals surface area contributed by atoms with Crippen LogP contribution in [0.1, 0.15) is 63.3 Å². The van der Waals surface area contributed by atoms with Gasteiger partial charge in [0.1, 0.15) is 24.2 Å². The van der Waals surface area contributed by atoms with E-state index in [1.807, 2.05) is 38.1 Å². The topological polar surface area (TPSA) is 175 Å². The molecule has 0 radical (unpaired) electrons. The number of methoxy groups -OCH3 is 2. The first-order chi connectivity index (χ1) is 24.7. The third-order valence-electron chi connectivity index (χ3n) is 9.62. The third-order valence-corrected chi connectivity index (χ3v) is 9.62. The lowest BCUT2D eigenvalue weighted by Crippen LogP contribution is -2.51. The van der Waals surface area contributed by atoms with Crippen LogP contribution in [0.5, 0.6) is 0 Å². The Morgan fingerprint density at radius 1 is 0.745 bits per heavy atom. The minimum absolute atomic E-state index is 0.102. The van der Waals surface area contributed by atoms with Crippen LogP contribution in [-0.4, -0.2) is 93.6 Å². The number of imidazole rings is 2. The fourth-order valence-corrected chi connectivity index (χ4v) is 6.85. The molecule has 4 N–H and O–H groups in total. The van der Waals surface area contributed by atoms with E-state index in [0.717, 1.165) is 71.0 Å². The molecule has 268 valence electrons. The molecular formula is C37H44N8O6. The maximum atomic E-state index is 13.5. The lowest BCUT2D eigenvalue weighted by molar-refractivity contribution is -0.135. The second-order valence-electron chi connectivity index (χ2n) is 13.2. The van der Waals surface area contributed by atoms with Crippen LogP contribution in [0.25, 0.3) is 33.6 Å². The molecular weight excluding hydrogens is 652 g/mol. The molecule has 0 spiro atoms. The van der Waals surface area contributed by atoms with E-state index in [2.05, 4.69) is 59.6 Å². The molecule has 14 nitrogen and oxygen atoms in total. The van der Waals surface area contributed by atoms with Crippen molar-refractivity contribution >= 4 is 24.0 Å². The second-order valence-corrected chi connectivity index (χ2v) is 13.2. The Labute approximate surface area is 296 Å². The van der Waals surface area contributed by atoms with Crippen LogP contribution < -0.4 is 10.6 Å². The van der Waals surface area contributed by atoms with Crippen molar-refractivity contribution < 1.29 is 28.7 Å². The van der Waals surface area contributed by atoms with Crippen LogP contribution in [0.2, 0.25) is 0 Å². The Bertz CT molecular complexity index is 1850. The molecule has 2 aliphatic heterocycles. The van der Waals surface area contributed by atoms with Gasteiger partial charge in [0.15, 0.2) is 0 Å². The molecule has 14 heteroatoms. The number of H-pyrrole nitrogens is 2. The van der Waals surface area contributed by atoms with Gasteiger partial charge in [0.2, 0.25) is 11.8 Å². The highest BCUT2D eigenvalue weighted by atomic mass is 16.5. The Hall–Kier alpha value is -5.66. The van der Waals surface area contributed by atoms with Gasteiger partial charge in [-0.05, 0) is 53.9 Å². The van der Waals surface area contributed by atoms with E-state index in [9.17, 15) is 19.2 Å². The van der Waals surface area contributed by atoms with Gasteiger partial charge < -0.3 is 39.9 Å². The predicted octanol–water partition coefficient (Wildman–Crippen LogP) is 5.20. The van der Waals surface area contributed by atoms with Crippen molar-refractivity contribution in [3.8, 4) is 33.6 Å². The van der Waals surface area contributed by atoms with Gasteiger partial charge in [0.05, 0.1) is 50.1 Å². The summed E-state index contributed by atoms with van der Waals surface area (Å²) in [5.74, 6) is 1.02. The smallest absolute Gasteiger partial charge is 0.407 e. The van der Waals surface area contributed by atoms with Crippen molar-refractivity contribution in [2.45, 2.75) is 57.7 Å². The van der Waals surface area contributed by atoms with Gasteiger partial charge in [-0.2, -0.15) is 0 Å². The van der Waals surface area contributed by atoms with Crippen molar-refractivity contribution in [1.29, 1.82) is 0 Å². The van der Waals surface area contributed by atoms with Crippen LogP contribution in [0.4, 0.5) is 9.59 Å². The molecule has 2 aromatic carbocycles. The van der Waals surface area contributed by atoms with Crippen molar-refractivity contribution in [2.24, 2.45) is 5.92 Å². The molecule has 0 saturated carbocycles. The molecule has 0 aliphatic carbocycles. The highest BCUT2D eigenvalue weighted by molar-refractivity contribution is 5.86. The third kappa shape index (κ3) is 7.74. The first kappa shape index (κ1) is 35.2. The van der Waals surface area contributed by atoms with E-state index in [1.54, 1.807) is 22.2 Å². The molecule has 4 heterocycles. The Balaban J connectivity index is 1.09. The number of benzene rings is 2. The molecule has 3 atom stereocenters. The summed E-state index contributed by atoms with van der Waals surface area (Å²) in [5.41, 5.74) is 5.78. The summed E-state index contributed by atoms with van der Waals surface area (Å²) in [6.45, 7) is 4.87. The number of amides is 4. The SMILES string of the molecule is COC(=O)NCC(=O)N1CCC[C@H]1c1ncc(-c2ccc(-c3ccc(-c4cnc([C@@H]5CCCN5C(=O)[C@@H](NC(=O)OC)C(C)C)[nH]4)cc3)cc2)[nH]1. The molecule has 2 fully saturated rings. The standard InChI is InChI=1S/C37H44N8O6/c1-22(2)32(43-37(49)51-4)35(47)45-18-6-8-30(45)34-39-20-28(42-34)26-15-11-24(12-16-26)23-9-13-25(14-10-23)27-19-38-33(41-27)29-7-5-17-44(29)31(46)21-40-36(48)50-3/h9-16,19-20,22,29-30,32H,5-8,17-18,21H2,1-4H3,(H,38,41)(H,39,42)(H,40,48)(H,43,49)/t29-,30-,32-/m0/s1. The number of rotatable bonds is 10. The lowest BCUT2D eigenvalue weighted by atomic mass is 10.0. The molecule has 6 rings (SSSR count). The summed E-state index contributed by atoms with van der Waals surface area (Å²) in [4.78, 5) is 69.2. The van der Waals surface area contributed by atoms with Gasteiger partial charge in [-0.25, -0.2) is 19.6 Å². The quantitative estimate of drug-likeness (QED) is 0.175. The number of hydrogen-bond acceptors (Lipinski definition) is 8. The van der Waals surface area contributed by atoms with Crippen molar-refractivity contribution in [2.75, 3.05) is 33.9 Å². The number of ether oxygens (including phenoxy) is 2. The maximum Gasteiger partial charge on any atom is 0.407 e. The van der Waals surface area contributed by atoms with Gasteiger partial charge >= 0.3 is 12.2 Å². The Kier molecular flexibility index (Phi) is 10.7. The van der Waals surface area contributed by atoms with Crippen molar-refractivity contribution in [3.05, 3.63) is 72.6 Å². The number of carbonyl (C=O) groups is 4. The number of carbonyl (C=O) groups excluding carboxylic acids is 4. The average molecular weight is 697 g/mol. The molecule has 4 amide bonds. The maximum absolute atomic E-state index is 13.5. The van der Waals surface area contributed by atoms with Gasteiger partial charge in [0, 0.05) is 13.1 Å². The summed E-state index contributed by atoms with van der Waals surface area (Å²) >= 11 is 0. The lowest BCUT2D eigenvalue weighted by Gasteiger charge is -2.30. The second kappa shape index (κ2) is 15.5. The van der Waals surface area contributed by atoms with Gasteiger partial charge in [0.25, 0.3) is 0 Å². The number of likely N-dealkylation sites (tertiary alicyclic amines) is 2. The van der Waals surface area contributed by atoms with E-state index in [-0.39, 0.29) is 36.4 Å². The van der Waals surface area contributed by atoms with E-state index in [4.69, 9.17) is 4.74 Å². The first-order valence-electron chi connectivity index (χ1n) is 17.2. The number of nitrogens with one attached hydrogen (secondary N) is 4. The van der Waals surface area contributed by atoms with Gasteiger partial charge in [-0.3, -0.25) is 9.59 Å². The summed E-state index contributed by atoms with van der Waals surface area (Å²) < 4.78 is 9.31. The molecule has 0 unspecified atom stereocenters. The van der Waals surface area contributed by atoms with E-state index >= 15 is 0 Å². The average Bonchev–Trinajstić information content (AvgIpc) is 3.99. The van der Waals surface area contributed by atoms with Gasteiger partial charge in [-0.15, -0.1) is 0 Å². The summed E-state index contributed by atoms with van der Waals surface area (Å²) in [6, 6.07) is 15.4. The molecule has 0 bridgehead atoms. The van der Waals surface area contributed by atoms with E-state index < -0.39 is 18.2 Å². The number of nitrogens with zero attached hydrogens (tertiary/aromatic N) is 4. The molecule has 51 heavy (non-hydrogen) atoms. The normalized spacial score (nSPS) is 17.7. The minimum atomic E-state index is -0.685. The molecule has 2 aliphatic rings. The van der Waals surface area contributed by atoms with Crippen molar-refractivity contribution in [3.63, 3.8) is 0 Å². The predicted molar refractivity (Wildman–Crippen MR) is 189 cm³/mol. The number of aromatic nitrogens is 4. The largest absolute Gasteiger partial charge is 0.453 e. The summed E-state index contributed by atoms with van der Waals surface area (Å²) in [5, 5.41) is 5.15. The monoisotopic (exact) mass is 696 g/mol. The number of hydrogen-bond donors (Lipinski definition) is 4. The van der Waals surface area contributed by atoms with E-state index in [0.29, 0.717) is 13.1 Å². The van der Waals surface area contributed by atoms with Crippen LogP contribution in [0, 0.1) is 5.92 Å². The van der Waals surface area contributed by atoms with E-state index in [1.165, 1.54) is 14.2 Å². The molecule has 4 aromatic rings. The summed E-state index contributed by atoms with van der Waals surface area (Å²) in [6.07, 6.45) is 5.60. The Morgan fingerprint density at radius 2 is 1.22 bits per heavy atom. The fraction of sp³-hybridized carbons (Fsp3) is 0.405. The number of alkyl carbamates (subject to hydrolysis) is 2. The Morgan fingerprint density at radius 3 is 1.71 bits per heavy atom. The highest BCUT2D eigenvalue weighted by Crippen LogP contribution is 2.34. The van der Waals surface area contributed by atoms with Crippen LogP contribution >= 0.6 is 0 Å². The fourth-order valence-electron chi connectivity index (χ4n) is 6.85. The highest BCUT2D eigenvalue weighted by Gasteiger charge is 2.37. The molecule has 2 aromatic heterocycles.